The third kappa shape index (κ3) is 4.34. The van der Waals surface area contributed by atoms with Crippen LogP contribution in [0.2, 0.25) is 0 Å². The molecule has 0 amide bonds. The van der Waals surface area contributed by atoms with E-state index in [1.807, 2.05) is 0 Å². The molecule has 1 aromatic heterocycles. The molecule has 1 N–H and O–H groups in total. The van der Waals surface area contributed by atoms with Crippen molar-refractivity contribution >= 4 is 33.2 Å². The number of hydrogen-bond acceptors (Lipinski definition) is 1. The van der Waals surface area contributed by atoms with Crippen LogP contribution in [0.4, 0.5) is 11.4 Å². The Balaban J connectivity index is 0.978. The number of fused-ring (bicyclic) bond motifs is 6. The molecule has 212 valence electrons. The number of benzene rings is 7. The fraction of sp³-hybridized carbons (Fsp3) is 0.0233. The number of para-hydroxylation sites is 2. The Morgan fingerprint density at radius 3 is 1.87 bits per heavy atom. The van der Waals surface area contributed by atoms with Crippen LogP contribution in [0, 0.1) is 0 Å². The maximum absolute atomic E-state index is 3.60. The normalized spacial score (nSPS) is 11.9. The minimum atomic E-state index is 0.996. The Bertz CT molecular complexity index is 2340. The van der Waals surface area contributed by atoms with Crippen LogP contribution in [0.5, 0.6) is 0 Å². The van der Waals surface area contributed by atoms with Crippen molar-refractivity contribution in [2.75, 3.05) is 5.32 Å². The van der Waals surface area contributed by atoms with E-state index in [4.69, 9.17) is 0 Å². The molecule has 1 aliphatic rings. The van der Waals surface area contributed by atoms with E-state index < -0.39 is 0 Å². The van der Waals surface area contributed by atoms with Gasteiger partial charge in [0.2, 0.25) is 0 Å². The van der Waals surface area contributed by atoms with Crippen molar-refractivity contribution in [3.8, 4) is 39.1 Å². The molecular weight excluding hydrogens is 544 g/mol. The first-order valence-corrected chi connectivity index (χ1v) is 15.6. The van der Waals surface area contributed by atoms with Crippen LogP contribution >= 0.6 is 0 Å². The van der Waals surface area contributed by atoms with Gasteiger partial charge in [-0.05, 0) is 106 Å². The lowest BCUT2D eigenvalue weighted by molar-refractivity contribution is 1.18. The summed E-state index contributed by atoms with van der Waals surface area (Å²) in [5, 5.41) is 6.13. The summed E-state index contributed by atoms with van der Waals surface area (Å²) in [5.74, 6) is 0. The molecule has 0 saturated carbocycles. The molecule has 0 bridgehead atoms. The third-order valence-electron chi connectivity index (χ3n) is 9.24. The fourth-order valence-electron chi connectivity index (χ4n) is 7.08. The number of nitrogens with one attached hydrogen (secondary N) is 1. The summed E-state index contributed by atoms with van der Waals surface area (Å²) in [6.07, 6.45) is 0.996. The van der Waals surface area contributed by atoms with Gasteiger partial charge in [-0.15, -0.1) is 0 Å². The average molecular weight is 575 g/mol. The smallest absolute Gasteiger partial charge is 0.0541 e. The van der Waals surface area contributed by atoms with E-state index in [1.165, 1.54) is 72.0 Å². The molecule has 9 rings (SSSR count). The lowest BCUT2D eigenvalue weighted by Crippen LogP contribution is -1.93. The van der Waals surface area contributed by atoms with E-state index in [-0.39, 0.29) is 0 Å². The topological polar surface area (TPSA) is 17.0 Å². The fourth-order valence-corrected chi connectivity index (χ4v) is 7.08. The van der Waals surface area contributed by atoms with Crippen molar-refractivity contribution in [3.05, 3.63) is 175 Å². The SMILES string of the molecule is c1ccc(-n2c3ccccc3c3cc(-c4ccc(Nc5ccc(-c6cccc7c6Cc6ccccc6-7)cc5)cc4)ccc32)cc1. The van der Waals surface area contributed by atoms with Crippen LogP contribution in [0.15, 0.2) is 164 Å². The average Bonchev–Trinajstić information content (AvgIpc) is 3.65. The molecule has 1 aliphatic carbocycles. The largest absolute Gasteiger partial charge is 0.356 e. The van der Waals surface area contributed by atoms with Crippen LogP contribution in [0.1, 0.15) is 11.1 Å². The zero-order valence-corrected chi connectivity index (χ0v) is 24.7. The van der Waals surface area contributed by atoms with Gasteiger partial charge < -0.3 is 9.88 Å². The maximum Gasteiger partial charge on any atom is 0.0541 e. The maximum atomic E-state index is 3.60. The quantitative estimate of drug-likeness (QED) is 0.216. The molecule has 0 saturated heterocycles. The van der Waals surface area contributed by atoms with E-state index in [0.29, 0.717) is 0 Å². The summed E-state index contributed by atoms with van der Waals surface area (Å²) in [6.45, 7) is 0. The van der Waals surface area contributed by atoms with Gasteiger partial charge in [-0.25, -0.2) is 0 Å². The first-order chi connectivity index (χ1) is 22.3. The van der Waals surface area contributed by atoms with Crippen molar-refractivity contribution in [2.45, 2.75) is 6.42 Å². The van der Waals surface area contributed by atoms with Gasteiger partial charge in [0.25, 0.3) is 0 Å². The van der Waals surface area contributed by atoms with Crippen LogP contribution in [0.25, 0.3) is 60.9 Å². The molecule has 0 radical (unpaired) electrons. The highest BCUT2D eigenvalue weighted by Crippen LogP contribution is 2.42. The molecule has 0 fully saturated rings. The lowest BCUT2D eigenvalue weighted by Gasteiger charge is -2.12. The minimum Gasteiger partial charge on any atom is -0.356 e. The Morgan fingerprint density at radius 2 is 1.04 bits per heavy atom. The Hall–Kier alpha value is -5.86. The van der Waals surface area contributed by atoms with Crippen molar-refractivity contribution in [2.24, 2.45) is 0 Å². The summed E-state index contributed by atoms with van der Waals surface area (Å²) in [7, 11) is 0. The van der Waals surface area contributed by atoms with Gasteiger partial charge in [-0.1, -0.05) is 109 Å². The molecule has 1 heterocycles. The summed E-state index contributed by atoms with van der Waals surface area (Å²) in [4.78, 5) is 0. The predicted octanol–water partition coefficient (Wildman–Crippen LogP) is 11.4. The molecule has 8 aromatic rings. The van der Waals surface area contributed by atoms with Crippen molar-refractivity contribution in [1.82, 2.24) is 4.57 Å². The van der Waals surface area contributed by atoms with E-state index >= 15 is 0 Å². The summed E-state index contributed by atoms with van der Waals surface area (Å²) >= 11 is 0. The minimum absolute atomic E-state index is 0.996. The number of anilines is 2. The van der Waals surface area contributed by atoms with Crippen molar-refractivity contribution in [3.63, 3.8) is 0 Å². The first kappa shape index (κ1) is 25.6. The second-order valence-electron chi connectivity index (χ2n) is 11.9. The monoisotopic (exact) mass is 574 g/mol. The number of rotatable bonds is 5. The van der Waals surface area contributed by atoms with Gasteiger partial charge in [0.05, 0.1) is 11.0 Å². The molecule has 45 heavy (non-hydrogen) atoms. The Kier molecular flexibility index (Phi) is 5.92. The highest BCUT2D eigenvalue weighted by molar-refractivity contribution is 6.10. The van der Waals surface area contributed by atoms with E-state index in [2.05, 4.69) is 174 Å². The second-order valence-corrected chi connectivity index (χ2v) is 11.9. The predicted molar refractivity (Wildman–Crippen MR) is 190 cm³/mol. The Morgan fingerprint density at radius 1 is 0.422 bits per heavy atom. The van der Waals surface area contributed by atoms with Crippen molar-refractivity contribution < 1.29 is 0 Å². The van der Waals surface area contributed by atoms with Gasteiger partial charge in [-0.2, -0.15) is 0 Å². The molecule has 0 spiro atoms. The Labute approximate surface area is 262 Å². The third-order valence-corrected chi connectivity index (χ3v) is 9.24. The lowest BCUT2D eigenvalue weighted by atomic mass is 9.95. The molecule has 0 atom stereocenters. The molecule has 2 nitrogen and oxygen atoms in total. The second kappa shape index (κ2) is 10.4. The standard InChI is InChI=1S/C43H30N2/c1-2-10-35(11-3-1)45-42-16-7-6-13-39(42)41-27-31(21-26-43(41)45)29-17-22-33(23-18-29)44-34-24-19-30(20-25-34)36-14-8-15-38-37-12-5-4-9-32(37)28-40(36)38/h1-27,44H,28H2. The van der Waals surface area contributed by atoms with E-state index in [1.54, 1.807) is 0 Å². The number of aromatic nitrogens is 1. The van der Waals surface area contributed by atoms with Crippen LogP contribution in [-0.2, 0) is 6.42 Å². The van der Waals surface area contributed by atoms with E-state index in [9.17, 15) is 0 Å². The van der Waals surface area contributed by atoms with Crippen molar-refractivity contribution in [1.29, 1.82) is 0 Å². The molecule has 0 aliphatic heterocycles. The first-order valence-electron chi connectivity index (χ1n) is 15.6. The molecule has 2 heteroatoms. The zero-order chi connectivity index (χ0) is 29.7. The number of hydrogen-bond donors (Lipinski definition) is 1. The van der Waals surface area contributed by atoms with Gasteiger partial charge in [0.15, 0.2) is 0 Å². The summed E-state index contributed by atoms with van der Waals surface area (Å²) in [5.41, 5.74) is 16.4. The van der Waals surface area contributed by atoms with Gasteiger partial charge >= 0.3 is 0 Å². The van der Waals surface area contributed by atoms with Gasteiger partial charge in [0.1, 0.15) is 0 Å². The van der Waals surface area contributed by atoms with Crippen LogP contribution < -0.4 is 5.32 Å². The van der Waals surface area contributed by atoms with Gasteiger partial charge in [0, 0.05) is 27.8 Å². The van der Waals surface area contributed by atoms with E-state index in [0.717, 1.165) is 17.8 Å². The van der Waals surface area contributed by atoms with Crippen LogP contribution in [0.3, 0.4) is 0 Å². The number of nitrogens with zero attached hydrogens (tertiary/aromatic N) is 1. The highest BCUT2D eigenvalue weighted by Gasteiger charge is 2.21. The molecular formula is C43H30N2. The van der Waals surface area contributed by atoms with Crippen LogP contribution in [-0.4, -0.2) is 4.57 Å². The molecule has 7 aromatic carbocycles. The summed E-state index contributed by atoms with van der Waals surface area (Å²) < 4.78 is 2.36. The van der Waals surface area contributed by atoms with Gasteiger partial charge in [-0.3, -0.25) is 0 Å². The zero-order valence-electron chi connectivity index (χ0n) is 24.7. The molecule has 0 unspecified atom stereocenters. The highest BCUT2D eigenvalue weighted by atomic mass is 15.0. The summed E-state index contributed by atoms with van der Waals surface area (Å²) in [6, 6.07) is 59.2.